The molecule has 0 aliphatic carbocycles. The standard InChI is InChI=1S/C17H10BrClN4O4S2/c18-11-3-1-10(2-4-11)14-9-28-17(20-14)21-29(25,26)15-16(24)27-22-23(15)13-7-5-12(19)6-8-13/h1-9H,(H-,20,21,22,24). The first-order valence-corrected chi connectivity index (χ1v) is 11.5. The van der Waals surface area contributed by atoms with Gasteiger partial charge in [-0.15, -0.1) is 11.3 Å². The second kappa shape index (κ2) is 7.75. The summed E-state index contributed by atoms with van der Waals surface area (Å²) >= 11 is 10.3. The van der Waals surface area contributed by atoms with Gasteiger partial charge in [0.2, 0.25) is 5.69 Å². The first-order chi connectivity index (χ1) is 13.8. The molecule has 1 N–H and O–H groups in total. The molecule has 0 atom stereocenters. The fraction of sp³-hybridized carbons (Fsp3) is 0. The topological polar surface area (TPSA) is 112 Å². The van der Waals surface area contributed by atoms with Gasteiger partial charge in [-0.25, -0.2) is 9.71 Å². The SMILES string of the molecule is O=S(=O)(Nc1nc(-c2ccc(Br)cc2)cs1)c1c([O-])on[n+]1-c1ccc(Cl)cc1. The van der Waals surface area contributed by atoms with Gasteiger partial charge in [-0.3, -0.25) is 0 Å². The van der Waals surface area contributed by atoms with Crippen LogP contribution in [0.25, 0.3) is 16.9 Å². The van der Waals surface area contributed by atoms with E-state index in [2.05, 4.69) is 35.4 Å². The maximum absolute atomic E-state index is 12.8. The Hall–Kier alpha value is -2.47. The molecule has 0 amide bonds. The summed E-state index contributed by atoms with van der Waals surface area (Å²) in [6.45, 7) is 0. The third-order valence-corrected chi connectivity index (χ3v) is 6.74. The van der Waals surface area contributed by atoms with E-state index in [1.807, 2.05) is 24.3 Å². The highest BCUT2D eigenvalue weighted by atomic mass is 79.9. The Bertz CT molecular complexity index is 1270. The third-order valence-electron chi connectivity index (χ3n) is 3.76. The van der Waals surface area contributed by atoms with E-state index in [0.29, 0.717) is 16.4 Å². The number of halogens is 2. The van der Waals surface area contributed by atoms with Crippen molar-refractivity contribution in [1.29, 1.82) is 0 Å². The summed E-state index contributed by atoms with van der Waals surface area (Å²) in [6.07, 6.45) is 0. The Kier molecular flexibility index (Phi) is 5.30. The molecular weight excluding hydrogens is 504 g/mol. The molecule has 29 heavy (non-hydrogen) atoms. The average molecular weight is 514 g/mol. The highest BCUT2D eigenvalue weighted by Gasteiger charge is 2.34. The zero-order valence-corrected chi connectivity index (χ0v) is 18.2. The number of thiazole rings is 1. The lowest BCUT2D eigenvalue weighted by Gasteiger charge is -2.02. The van der Waals surface area contributed by atoms with Crippen LogP contribution >= 0.6 is 38.9 Å². The van der Waals surface area contributed by atoms with Crippen LogP contribution in [0.15, 0.2) is 67.9 Å². The van der Waals surface area contributed by atoms with Crippen LogP contribution in [-0.2, 0) is 10.0 Å². The van der Waals surface area contributed by atoms with Crippen molar-refractivity contribution < 1.29 is 22.7 Å². The third kappa shape index (κ3) is 4.13. The molecule has 0 spiro atoms. The van der Waals surface area contributed by atoms with Gasteiger partial charge < -0.3 is 9.63 Å². The van der Waals surface area contributed by atoms with Crippen molar-refractivity contribution >= 4 is 54.0 Å². The van der Waals surface area contributed by atoms with Gasteiger partial charge in [0.1, 0.15) is 0 Å². The molecule has 0 fully saturated rings. The van der Waals surface area contributed by atoms with E-state index < -0.39 is 21.0 Å². The molecule has 0 saturated carbocycles. The maximum atomic E-state index is 12.8. The monoisotopic (exact) mass is 512 g/mol. The molecule has 0 unspecified atom stereocenters. The Morgan fingerprint density at radius 1 is 1.14 bits per heavy atom. The molecule has 4 aromatic rings. The number of hydrogen-bond acceptors (Lipinski definition) is 7. The summed E-state index contributed by atoms with van der Waals surface area (Å²) < 4.78 is 34.4. The number of hydrogen-bond donors (Lipinski definition) is 1. The highest BCUT2D eigenvalue weighted by Crippen LogP contribution is 2.28. The molecule has 0 radical (unpaired) electrons. The first kappa shape index (κ1) is 19.8. The number of rotatable bonds is 5. The van der Waals surface area contributed by atoms with E-state index in [1.54, 1.807) is 5.38 Å². The number of nitrogens with zero attached hydrogens (tertiary/aromatic N) is 3. The highest BCUT2D eigenvalue weighted by molar-refractivity contribution is 9.10. The van der Waals surface area contributed by atoms with Crippen molar-refractivity contribution in [2.24, 2.45) is 0 Å². The van der Waals surface area contributed by atoms with Gasteiger partial charge in [0.05, 0.1) is 11.0 Å². The van der Waals surface area contributed by atoms with Crippen LogP contribution in [0.1, 0.15) is 0 Å². The minimum absolute atomic E-state index is 0.103. The van der Waals surface area contributed by atoms with E-state index in [1.165, 1.54) is 24.3 Å². The van der Waals surface area contributed by atoms with Crippen LogP contribution in [0.2, 0.25) is 5.02 Å². The Balaban J connectivity index is 1.66. The van der Waals surface area contributed by atoms with Crippen molar-refractivity contribution in [2.75, 3.05) is 4.72 Å². The Morgan fingerprint density at radius 3 is 2.52 bits per heavy atom. The molecule has 2 heterocycles. The fourth-order valence-corrected chi connectivity index (χ4v) is 4.92. The van der Waals surface area contributed by atoms with Gasteiger partial charge >= 0.3 is 15.0 Å². The molecule has 0 bridgehead atoms. The second-order valence-corrected chi connectivity index (χ2v) is 9.51. The molecule has 0 aliphatic heterocycles. The summed E-state index contributed by atoms with van der Waals surface area (Å²) in [4.78, 5) is 4.28. The van der Waals surface area contributed by atoms with Gasteiger partial charge in [0.25, 0.3) is 0 Å². The van der Waals surface area contributed by atoms with E-state index >= 15 is 0 Å². The average Bonchev–Trinajstić information content (AvgIpc) is 3.29. The van der Waals surface area contributed by atoms with Crippen LogP contribution in [0, 0.1) is 0 Å². The number of nitrogens with one attached hydrogen (secondary N) is 1. The Labute approximate surface area is 182 Å². The summed E-state index contributed by atoms with van der Waals surface area (Å²) in [7, 11) is -4.31. The zero-order valence-electron chi connectivity index (χ0n) is 14.2. The van der Waals surface area contributed by atoms with Crippen LogP contribution in [0.5, 0.6) is 5.95 Å². The number of aromatic nitrogens is 3. The van der Waals surface area contributed by atoms with Crippen LogP contribution in [0.4, 0.5) is 5.13 Å². The minimum atomic E-state index is -4.31. The fourth-order valence-electron chi connectivity index (χ4n) is 2.45. The van der Waals surface area contributed by atoms with Crippen LogP contribution in [0.3, 0.4) is 0 Å². The molecule has 12 heteroatoms. The number of sulfonamides is 1. The van der Waals surface area contributed by atoms with E-state index in [0.717, 1.165) is 26.1 Å². The summed E-state index contributed by atoms with van der Waals surface area (Å²) in [6, 6.07) is 13.5. The molecule has 2 aromatic carbocycles. The lowest BCUT2D eigenvalue weighted by Crippen LogP contribution is -2.40. The number of benzene rings is 2. The zero-order chi connectivity index (χ0) is 20.6. The van der Waals surface area contributed by atoms with Gasteiger partial charge in [0, 0.05) is 32.6 Å². The van der Waals surface area contributed by atoms with E-state index in [-0.39, 0.29) is 5.13 Å². The van der Waals surface area contributed by atoms with Crippen molar-refractivity contribution in [3.8, 4) is 22.9 Å². The lowest BCUT2D eigenvalue weighted by molar-refractivity contribution is -0.706. The predicted octanol–water partition coefficient (Wildman–Crippen LogP) is 3.37. The summed E-state index contributed by atoms with van der Waals surface area (Å²) in [5.74, 6) is -1.10. The molecule has 8 nitrogen and oxygen atoms in total. The second-order valence-electron chi connectivity index (χ2n) is 5.70. The minimum Gasteiger partial charge on any atom is -0.538 e. The van der Waals surface area contributed by atoms with Gasteiger partial charge in [-0.1, -0.05) is 39.7 Å². The van der Waals surface area contributed by atoms with Crippen molar-refractivity contribution in [3.05, 3.63) is 63.4 Å². The van der Waals surface area contributed by atoms with E-state index in [9.17, 15) is 13.5 Å². The molecule has 0 saturated heterocycles. The smallest absolute Gasteiger partial charge is 0.373 e. The molecule has 148 valence electrons. The van der Waals surface area contributed by atoms with Crippen LogP contribution in [-0.4, -0.2) is 18.7 Å². The summed E-state index contributed by atoms with van der Waals surface area (Å²) in [5.41, 5.74) is 1.72. The van der Waals surface area contributed by atoms with Crippen molar-refractivity contribution in [3.63, 3.8) is 0 Å². The molecule has 4 rings (SSSR count). The normalized spacial score (nSPS) is 11.5. The summed E-state index contributed by atoms with van der Waals surface area (Å²) in [5, 5.41) is 17.2. The number of anilines is 1. The van der Waals surface area contributed by atoms with E-state index in [4.69, 9.17) is 11.6 Å². The first-order valence-electron chi connectivity index (χ1n) is 7.93. The van der Waals surface area contributed by atoms with Gasteiger partial charge in [0.15, 0.2) is 11.1 Å². The molecule has 0 aliphatic rings. The lowest BCUT2D eigenvalue weighted by atomic mass is 10.2. The Morgan fingerprint density at radius 2 is 1.83 bits per heavy atom. The molecule has 2 aromatic heterocycles. The van der Waals surface area contributed by atoms with Crippen molar-refractivity contribution in [1.82, 2.24) is 10.3 Å². The maximum Gasteiger partial charge on any atom is 0.373 e. The van der Waals surface area contributed by atoms with Crippen molar-refractivity contribution in [2.45, 2.75) is 5.03 Å². The van der Waals surface area contributed by atoms with Gasteiger partial charge in [-0.2, -0.15) is 8.42 Å². The van der Waals surface area contributed by atoms with Crippen LogP contribution < -0.4 is 14.5 Å². The quantitative estimate of drug-likeness (QED) is 0.410. The predicted molar refractivity (Wildman–Crippen MR) is 109 cm³/mol. The largest absolute Gasteiger partial charge is 0.538 e. The van der Waals surface area contributed by atoms with Gasteiger partial charge in [-0.05, 0) is 28.9 Å². The molecular formula is C17H10BrClN4O4S2.